The van der Waals surface area contributed by atoms with E-state index in [-0.39, 0.29) is 5.75 Å². The third-order valence-electron chi connectivity index (χ3n) is 5.59. The molecule has 32 heavy (non-hydrogen) atoms. The summed E-state index contributed by atoms with van der Waals surface area (Å²) in [6, 6.07) is 13.7. The summed E-state index contributed by atoms with van der Waals surface area (Å²) in [5.41, 5.74) is 3.15. The summed E-state index contributed by atoms with van der Waals surface area (Å²) in [4.78, 5) is 6.80. The highest BCUT2D eigenvalue weighted by Crippen LogP contribution is 2.26. The molecule has 0 radical (unpaired) electrons. The number of benzene rings is 2. The van der Waals surface area contributed by atoms with Gasteiger partial charge in [0, 0.05) is 44.0 Å². The average molecular weight is 455 g/mol. The van der Waals surface area contributed by atoms with E-state index in [1.165, 1.54) is 0 Å². The molecule has 3 aliphatic rings. The lowest BCUT2D eigenvalue weighted by atomic mass is 10.2. The van der Waals surface area contributed by atoms with Gasteiger partial charge < -0.3 is 18.4 Å². The fourth-order valence-corrected chi connectivity index (χ4v) is 6.19. The van der Waals surface area contributed by atoms with Gasteiger partial charge >= 0.3 is 8.80 Å². The van der Waals surface area contributed by atoms with Crippen molar-refractivity contribution in [2.45, 2.75) is 19.4 Å². The molecule has 0 saturated carbocycles. The minimum Gasteiger partial charge on any atom is -0.507 e. The van der Waals surface area contributed by atoms with Crippen LogP contribution in [0, 0.1) is 6.92 Å². The average Bonchev–Trinajstić information content (AvgIpc) is 2.75. The van der Waals surface area contributed by atoms with Gasteiger partial charge in [0.05, 0.1) is 31.2 Å². The molecular weight excluding hydrogens is 424 g/mol. The third kappa shape index (κ3) is 6.08. The standard InChI is InChI=1S/C23H30N4O4Si/c1-19-5-2-3-6-22(19)26-25-21-7-8-23(28)20(17-21)18-24-9-4-16-32-29-13-10-27(11-14-30-32)12-15-31-32/h2-3,5-8,17-18,28H,4,9-16H2,1H3. The molecule has 5 rings (SSSR count). The Bertz CT molecular complexity index is 942. The predicted octanol–water partition coefficient (Wildman–Crippen LogP) is 4.24. The summed E-state index contributed by atoms with van der Waals surface area (Å²) < 4.78 is 18.2. The van der Waals surface area contributed by atoms with Crippen LogP contribution in [0.2, 0.25) is 6.04 Å². The van der Waals surface area contributed by atoms with Gasteiger partial charge in [0.15, 0.2) is 0 Å². The van der Waals surface area contributed by atoms with Gasteiger partial charge in [0.25, 0.3) is 0 Å². The molecule has 0 aromatic heterocycles. The van der Waals surface area contributed by atoms with E-state index in [1.54, 1.807) is 24.4 Å². The van der Waals surface area contributed by atoms with Gasteiger partial charge in [-0.2, -0.15) is 10.2 Å². The second-order valence-corrected chi connectivity index (χ2v) is 10.7. The highest BCUT2D eigenvalue weighted by Gasteiger charge is 2.43. The van der Waals surface area contributed by atoms with Gasteiger partial charge in [-0.15, -0.1) is 0 Å². The van der Waals surface area contributed by atoms with Crippen LogP contribution in [0.3, 0.4) is 0 Å². The first-order valence-electron chi connectivity index (χ1n) is 11.1. The number of phenols is 1. The van der Waals surface area contributed by atoms with E-state index in [0.717, 1.165) is 43.4 Å². The molecule has 2 aromatic rings. The summed E-state index contributed by atoms with van der Waals surface area (Å²) in [5.74, 6) is 0.163. The number of fused-ring (bicyclic) bond motifs is 6. The number of hydrogen-bond donors (Lipinski definition) is 1. The Morgan fingerprint density at radius 1 is 1.00 bits per heavy atom. The molecular formula is C23H30N4O4Si. The number of aromatic hydroxyl groups is 1. The molecule has 0 atom stereocenters. The van der Waals surface area contributed by atoms with E-state index in [4.69, 9.17) is 13.3 Å². The van der Waals surface area contributed by atoms with E-state index < -0.39 is 8.80 Å². The monoisotopic (exact) mass is 454 g/mol. The lowest BCUT2D eigenvalue weighted by Gasteiger charge is -2.38. The maximum Gasteiger partial charge on any atom is 0.501 e. The zero-order valence-electron chi connectivity index (χ0n) is 18.4. The fraction of sp³-hybridized carbons (Fsp3) is 0.435. The molecule has 2 aromatic carbocycles. The van der Waals surface area contributed by atoms with Gasteiger partial charge in [0.1, 0.15) is 5.75 Å². The van der Waals surface area contributed by atoms with Gasteiger partial charge in [-0.1, -0.05) is 18.2 Å². The smallest absolute Gasteiger partial charge is 0.501 e. The number of azo groups is 1. The van der Waals surface area contributed by atoms with Gasteiger partial charge in [-0.3, -0.25) is 9.89 Å². The summed E-state index contributed by atoms with van der Waals surface area (Å²) in [7, 11) is -2.60. The summed E-state index contributed by atoms with van der Waals surface area (Å²) in [5, 5.41) is 18.8. The van der Waals surface area contributed by atoms with Crippen molar-refractivity contribution in [3.63, 3.8) is 0 Å². The molecule has 8 nitrogen and oxygen atoms in total. The van der Waals surface area contributed by atoms with Crippen molar-refractivity contribution in [1.82, 2.24) is 4.90 Å². The molecule has 3 saturated heterocycles. The molecule has 2 bridgehead atoms. The van der Waals surface area contributed by atoms with Crippen LogP contribution in [0.1, 0.15) is 17.5 Å². The zero-order chi connectivity index (χ0) is 22.2. The summed E-state index contributed by atoms with van der Waals surface area (Å²) in [6.45, 7) is 7.40. The van der Waals surface area contributed by atoms with Crippen molar-refractivity contribution in [1.29, 1.82) is 0 Å². The van der Waals surface area contributed by atoms with E-state index in [9.17, 15) is 5.11 Å². The first kappa shape index (κ1) is 22.7. The Kier molecular flexibility index (Phi) is 7.77. The minimum atomic E-state index is -2.60. The Balaban J connectivity index is 1.33. The molecule has 0 spiro atoms. The predicted molar refractivity (Wildman–Crippen MR) is 125 cm³/mol. The molecule has 3 fully saturated rings. The summed E-state index contributed by atoms with van der Waals surface area (Å²) in [6.07, 6.45) is 2.48. The first-order chi connectivity index (χ1) is 15.6. The summed E-state index contributed by atoms with van der Waals surface area (Å²) >= 11 is 0. The van der Waals surface area contributed by atoms with Crippen molar-refractivity contribution < 1.29 is 18.4 Å². The molecule has 170 valence electrons. The molecule has 3 aliphatic heterocycles. The van der Waals surface area contributed by atoms with Gasteiger partial charge in [-0.05, 0) is 43.2 Å². The van der Waals surface area contributed by atoms with Crippen LogP contribution in [0.5, 0.6) is 5.75 Å². The minimum absolute atomic E-state index is 0.163. The number of phenolic OH excluding ortho intramolecular Hbond substituents is 1. The Labute approximate surface area is 189 Å². The quantitative estimate of drug-likeness (QED) is 0.293. The normalized spacial score (nSPS) is 24.0. The van der Waals surface area contributed by atoms with Crippen molar-refractivity contribution in [3.8, 4) is 5.75 Å². The van der Waals surface area contributed by atoms with Crippen LogP contribution in [0.15, 0.2) is 57.7 Å². The van der Waals surface area contributed by atoms with E-state index in [0.29, 0.717) is 37.6 Å². The van der Waals surface area contributed by atoms with Crippen molar-refractivity contribution in [3.05, 3.63) is 53.6 Å². The Hall–Kier alpha value is -2.43. The second kappa shape index (κ2) is 10.9. The van der Waals surface area contributed by atoms with Gasteiger partial charge in [-0.25, -0.2) is 0 Å². The third-order valence-corrected chi connectivity index (χ3v) is 8.49. The van der Waals surface area contributed by atoms with Crippen molar-refractivity contribution >= 4 is 26.4 Å². The molecule has 0 aliphatic carbocycles. The van der Waals surface area contributed by atoms with Crippen molar-refractivity contribution in [2.24, 2.45) is 15.2 Å². The maximum atomic E-state index is 10.2. The molecule has 0 amide bonds. The maximum absolute atomic E-state index is 10.2. The number of rotatable bonds is 7. The Morgan fingerprint density at radius 3 is 2.44 bits per heavy atom. The lowest BCUT2D eigenvalue weighted by Crippen LogP contribution is -2.55. The van der Waals surface area contributed by atoms with Crippen LogP contribution in [0.25, 0.3) is 0 Å². The molecule has 9 heteroatoms. The van der Waals surface area contributed by atoms with Crippen LogP contribution in [0.4, 0.5) is 11.4 Å². The topological polar surface area (TPSA) is 88.2 Å². The van der Waals surface area contributed by atoms with Crippen LogP contribution in [-0.2, 0) is 13.3 Å². The van der Waals surface area contributed by atoms with Crippen LogP contribution in [-0.4, -0.2) is 71.0 Å². The molecule has 1 N–H and O–H groups in total. The highest BCUT2D eigenvalue weighted by atomic mass is 28.4. The first-order valence-corrected chi connectivity index (χ1v) is 13.0. The van der Waals surface area contributed by atoms with Crippen molar-refractivity contribution in [2.75, 3.05) is 46.0 Å². The van der Waals surface area contributed by atoms with Gasteiger partial charge in [0.2, 0.25) is 0 Å². The Morgan fingerprint density at radius 2 is 1.72 bits per heavy atom. The van der Waals surface area contributed by atoms with E-state index >= 15 is 0 Å². The van der Waals surface area contributed by atoms with Crippen LogP contribution >= 0.6 is 0 Å². The second-order valence-electron chi connectivity index (χ2n) is 7.94. The number of aliphatic imine (C=N–C) groups is 1. The number of hydrogen-bond acceptors (Lipinski definition) is 8. The molecule has 3 heterocycles. The number of aryl methyl sites for hydroxylation is 1. The van der Waals surface area contributed by atoms with E-state index in [1.807, 2.05) is 31.2 Å². The van der Waals surface area contributed by atoms with E-state index in [2.05, 4.69) is 20.1 Å². The fourth-order valence-electron chi connectivity index (χ4n) is 3.71. The highest BCUT2D eigenvalue weighted by molar-refractivity contribution is 6.60. The van der Waals surface area contributed by atoms with Crippen LogP contribution < -0.4 is 0 Å². The molecule has 0 unspecified atom stereocenters. The number of nitrogens with zero attached hydrogens (tertiary/aromatic N) is 4. The zero-order valence-corrected chi connectivity index (χ0v) is 19.4. The SMILES string of the molecule is Cc1ccccc1N=Nc1ccc(O)c(C=NCCC[Si]23OCCN(CCO2)CCO3)c1. The largest absolute Gasteiger partial charge is 0.507 e. The lowest BCUT2D eigenvalue weighted by molar-refractivity contribution is -0.00841.